The highest BCUT2D eigenvalue weighted by atomic mass is 32.1. The lowest BCUT2D eigenvalue weighted by Crippen LogP contribution is -2.19. The van der Waals surface area contributed by atoms with Crippen molar-refractivity contribution >= 4 is 39.7 Å². The zero-order chi connectivity index (χ0) is 15.8. The van der Waals surface area contributed by atoms with Crippen molar-refractivity contribution in [3.05, 3.63) is 45.7 Å². The summed E-state index contributed by atoms with van der Waals surface area (Å²) in [4.78, 5) is 11.8. The molecule has 0 aliphatic carbocycles. The number of anilines is 1. The van der Waals surface area contributed by atoms with Gasteiger partial charge in [0.25, 0.3) is 0 Å². The van der Waals surface area contributed by atoms with E-state index >= 15 is 0 Å². The molecule has 0 unspecified atom stereocenters. The molecule has 4 nitrogen and oxygen atoms in total. The first-order valence-corrected chi connectivity index (χ1v) is 9.12. The third-order valence-electron chi connectivity index (χ3n) is 4.20. The fourth-order valence-corrected chi connectivity index (χ4v) is 4.43. The highest BCUT2D eigenvalue weighted by Crippen LogP contribution is 2.32. The molecule has 4 rings (SSSR count). The third-order valence-corrected chi connectivity index (χ3v) is 5.63. The first kappa shape index (κ1) is 14.8. The summed E-state index contributed by atoms with van der Waals surface area (Å²) in [5, 5.41) is 0. The van der Waals surface area contributed by atoms with Gasteiger partial charge in [-0.05, 0) is 37.5 Å². The van der Waals surface area contributed by atoms with Crippen molar-refractivity contribution in [3.63, 3.8) is 0 Å². The van der Waals surface area contributed by atoms with Crippen molar-refractivity contribution < 1.29 is 0 Å². The van der Waals surface area contributed by atoms with E-state index < -0.39 is 0 Å². The number of aromatic nitrogens is 3. The lowest BCUT2D eigenvalue weighted by atomic mass is 10.2. The Balaban J connectivity index is 1.85. The Hall–Kier alpha value is -1.79. The highest BCUT2D eigenvalue weighted by Gasteiger charge is 2.20. The van der Waals surface area contributed by atoms with Crippen LogP contribution in [0, 0.1) is 10.9 Å². The number of hydrogen-bond acceptors (Lipinski definition) is 5. The second-order valence-electron chi connectivity index (χ2n) is 5.88. The van der Waals surface area contributed by atoms with Crippen LogP contribution in [0.4, 0.5) is 5.82 Å². The fraction of sp³-hybridized carbons (Fsp3) is 0.353. The molecule has 0 radical (unpaired) electrons. The summed E-state index contributed by atoms with van der Waals surface area (Å²) in [5.74, 6) is 1.88. The Kier molecular flexibility index (Phi) is 3.87. The number of benzene rings is 1. The van der Waals surface area contributed by atoms with Crippen molar-refractivity contribution in [1.29, 1.82) is 0 Å². The van der Waals surface area contributed by atoms with Gasteiger partial charge in [-0.3, -0.25) is 0 Å². The third kappa shape index (κ3) is 2.77. The van der Waals surface area contributed by atoms with E-state index in [9.17, 15) is 0 Å². The van der Waals surface area contributed by atoms with Gasteiger partial charge in [0.05, 0.1) is 6.54 Å². The van der Waals surface area contributed by atoms with E-state index in [0.717, 1.165) is 45.6 Å². The quantitative estimate of drug-likeness (QED) is 0.669. The van der Waals surface area contributed by atoms with E-state index in [-0.39, 0.29) is 0 Å². The van der Waals surface area contributed by atoms with Gasteiger partial charge in [0.2, 0.25) is 0 Å². The van der Waals surface area contributed by atoms with Gasteiger partial charge in [0.1, 0.15) is 10.5 Å². The number of fused-ring (bicyclic) bond motifs is 1. The molecule has 118 valence electrons. The standard InChI is InChI=1S/C17H18N4S2/c1-12-18-15(20-9-5-6-10-20)14-16(19-12)21(17(22)23-14)11-13-7-3-2-4-8-13/h2-4,7-8H,5-6,9-11H2,1H3. The van der Waals surface area contributed by atoms with Crippen molar-refractivity contribution in [1.82, 2.24) is 14.5 Å². The largest absolute Gasteiger partial charge is 0.355 e. The molecule has 1 aromatic carbocycles. The first-order valence-electron chi connectivity index (χ1n) is 7.89. The van der Waals surface area contributed by atoms with Crippen molar-refractivity contribution in [3.8, 4) is 0 Å². The Labute approximate surface area is 144 Å². The molecule has 0 amide bonds. The fourth-order valence-electron chi connectivity index (χ4n) is 3.08. The van der Waals surface area contributed by atoms with Crippen molar-refractivity contribution in [2.45, 2.75) is 26.3 Å². The van der Waals surface area contributed by atoms with Gasteiger partial charge in [-0.25, -0.2) is 9.97 Å². The van der Waals surface area contributed by atoms with Gasteiger partial charge in [0, 0.05) is 13.1 Å². The van der Waals surface area contributed by atoms with Gasteiger partial charge >= 0.3 is 0 Å². The minimum atomic E-state index is 0.759. The number of thiazole rings is 1. The van der Waals surface area contributed by atoms with Gasteiger partial charge < -0.3 is 9.47 Å². The second-order valence-corrected chi connectivity index (χ2v) is 7.53. The number of nitrogens with zero attached hydrogens (tertiary/aromatic N) is 4. The normalized spacial score (nSPS) is 14.7. The number of rotatable bonds is 3. The summed E-state index contributed by atoms with van der Waals surface area (Å²) in [6.07, 6.45) is 2.47. The summed E-state index contributed by atoms with van der Waals surface area (Å²) >= 11 is 7.26. The SMILES string of the molecule is Cc1nc(N2CCCC2)c2sc(=S)n(Cc3ccccc3)c2n1. The molecule has 1 aliphatic heterocycles. The van der Waals surface area contributed by atoms with E-state index in [4.69, 9.17) is 22.2 Å². The zero-order valence-electron chi connectivity index (χ0n) is 13.0. The van der Waals surface area contributed by atoms with Gasteiger partial charge in [-0.15, -0.1) is 0 Å². The molecule has 0 saturated carbocycles. The summed E-state index contributed by atoms with van der Waals surface area (Å²) in [5.41, 5.74) is 2.21. The molecule has 2 aromatic heterocycles. The second kappa shape index (κ2) is 6.02. The molecule has 3 heterocycles. The highest BCUT2D eigenvalue weighted by molar-refractivity contribution is 7.73. The maximum absolute atomic E-state index is 5.62. The van der Waals surface area contributed by atoms with Crippen LogP contribution in [0.25, 0.3) is 10.3 Å². The topological polar surface area (TPSA) is 34.0 Å². The van der Waals surface area contributed by atoms with E-state index in [2.05, 4.69) is 33.7 Å². The zero-order valence-corrected chi connectivity index (χ0v) is 14.7. The Morgan fingerprint density at radius 2 is 1.87 bits per heavy atom. The summed E-state index contributed by atoms with van der Waals surface area (Å²) in [6.45, 7) is 4.88. The van der Waals surface area contributed by atoms with Crippen LogP contribution in [0.2, 0.25) is 0 Å². The van der Waals surface area contributed by atoms with Crippen LogP contribution in [0.15, 0.2) is 30.3 Å². The van der Waals surface area contributed by atoms with Crippen LogP contribution in [0.1, 0.15) is 24.2 Å². The summed E-state index contributed by atoms with van der Waals surface area (Å²) < 4.78 is 4.13. The molecule has 0 bridgehead atoms. The maximum atomic E-state index is 5.62. The molecule has 1 fully saturated rings. The molecule has 3 aromatic rings. The Morgan fingerprint density at radius 3 is 2.61 bits per heavy atom. The minimum Gasteiger partial charge on any atom is -0.355 e. The maximum Gasteiger partial charge on any atom is 0.163 e. The predicted molar refractivity (Wildman–Crippen MR) is 98.0 cm³/mol. The van der Waals surface area contributed by atoms with E-state index in [1.54, 1.807) is 11.3 Å². The summed E-state index contributed by atoms with van der Waals surface area (Å²) in [7, 11) is 0. The number of hydrogen-bond donors (Lipinski definition) is 0. The molecule has 0 spiro atoms. The van der Waals surface area contributed by atoms with Gasteiger partial charge in [-0.2, -0.15) is 0 Å². The van der Waals surface area contributed by atoms with E-state index in [1.165, 1.54) is 18.4 Å². The van der Waals surface area contributed by atoms with Gasteiger partial charge in [0.15, 0.2) is 15.4 Å². The molecular formula is C17H18N4S2. The predicted octanol–water partition coefficient (Wildman–Crippen LogP) is 4.18. The lowest BCUT2D eigenvalue weighted by Gasteiger charge is -2.17. The van der Waals surface area contributed by atoms with Crippen LogP contribution in [-0.4, -0.2) is 27.6 Å². The molecule has 0 atom stereocenters. The molecule has 23 heavy (non-hydrogen) atoms. The first-order chi connectivity index (χ1) is 11.2. The van der Waals surface area contributed by atoms with Crippen LogP contribution >= 0.6 is 23.6 Å². The smallest absolute Gasteiger partial charge is 0.163 e. The van der Waals surface area contributed by atoms with Crippen LogP contribution < -0.4 is 4.90 Å². The average molecular weight is 342 g/mol. The monoisotopic (exact) mass is 342 g/mol. The Bertz CT molecular complexity index is 892. The molecule has 6 heteroatoms. The van der Waals surface area contributed by atoms with Crippen molar-refractivity contribution in [2.24, 2.45) is 0 Å². The minimum absolute atomic E-state index is 0.759. The average Bonchev–Trinajstić information content (AvgIpc) is 3.18. The summed E-state index contributed by atoms with van der Waals surface area (Å²) in [6, 6.07) is 10.4. The van der Waals surface area contributed by atoms with Crippen LogP contribution in [0.5, 0.6) is 0 Å². The van der Waals surface area contributed by atoms with Crippen LogP contribution in [-0.2, 0) is 6.54 Å². The molecule has 0 N–H and O–H groups in total. The lowest BCUT2D eigenvalue weighted by molar-refractivity contribution is 0.813. The molecule has 1 saturated heterocycles. The Morgan fingerprint density at radius 1 is 1.13 bits per heavy atom. The van der Waals surface area contributed by atoms with E-state index in [0.29, 0.717) is 0 Å². The molecule has 1 aliphatic rings. The van der Waals surface area contributed by atoms with Crippen LogP contribution in [0.3, 0.4) is 0 Å². The molecular weight excluding hydrogens is 324 g/mol. The van der Waals surface area contributed by atoms with Gasteiger partial charge in [-0.1, -0.05) is 41.7 Å². The number of aryl methyl sites for hydroxylation is 1. The van der Waals surface area contributed by atoms with Crippen molar-refractivity contribution in [2.75, 3.05) is 18.0 Å². The van der Waals surface area contributed by atoms with E-state index in [1.807, 2.05) is 13.0 Å².